The lowest BCUT2D eigenvalue weighted by atomic mass is 10.0. The highest BCUT2D eigenvalue weighted by Crippen LogP contribution is 2.28. The molecule has 0 spiro atoms. The van der Waals surface area contributed by atoms with Gasteiger partial charge in [0.05, 0.1) is 19.9 Å². The van der Waals surface area contributed by atoms with Crippen LogP contribution in [0.1, 0.15) is 39.4 Å². The summed E-state index contributed by atoms with van der Waals surface area (Å²) in [6.07, 6.45) is 1.34. The normalized spacial score (nSPS) is 17.2. The molecule has 2 aliphatic heterocycles. The number of rotatable bonds is 4. The van der Waals surface area contributed by atoms with E-state index < -0.39 is 5.97 Å². The number of amides is 1. The summed E-state index contributed by atoms with van der Waals surface area (Å²) in [5.41, 5.74) is 1.72. The van der Waals surface area contributed by atoms with Crippen molar-refractivity contribution in [2.24, 2.45) is 0 Å². The number of nitrogens with zero attached hydrogens (tertiary/aromatic N) is 4. The number of ether oxygens (including phenoxy) is 2. The van der Waals surface area contributed by atoms with Gasteiger partial charge in [0.2, 0.25) is 0 Å². The summed E-state index contributed by atoms with van der Waals surface area (Å²) >= 11 is 0. The molecule has 0 atom stereocenters. The van der Waals surface area contributed by atoms with Gasteiger partial charge in [-0.25, -0.2) is 14.5 Å². The average Bonchev–Trinajstić information content (AvgIpc) is 3.15. The van der Waals surface area contributed by atoms with Crippen LogP contribution in [-0.2, 0) is 16.0 Å². The monoisotopic (exact) mass is 398 g/mol. The summed E-state index contributed by atoms with van der Waals surface area (Å²) in [5.74, 6) is 0.0777. The first-order chi connectivity index (χ1) is 14.0. The lowest BCUT2D eigenvalue weighted by Gasteiger charge is -2.39. The predicted octanol–water partition coefficient (Wildman–Crippen LogP) is 1.25. The highest BCUT2D eigenvalue weighted by molar-refractivity contribution is 6.00. The fraction of sp³-hybridized carbons (Fsp3) is 0.400. The van der Waals surface area contributed by atoms with E-state index in [0.29, 0.717) is 61.6 Å². The van der Waals surface area contributed by atoms with Crippen molar-refractivity contribution >= 4 is 17.7 Å². The van der Waals surface area contributed by atoms with E-state index in [1.165, 1.54) is 11.8 Å². The van der Waals surface area contributed by atoms with Crippen LogP contribution in [0.15, 0.2) is 24.3 Å². The van der Waals surface area contributed by atoms with Crippen molar-refractivity contribution in [3.8, 4) is 11.4 Å². The lowest BCUT2D eigenvalue weighted by molar-refractivity contribution is -0.125. The molecule has 4 rings (SSSR count). The lowest BCUT2D eigenvalue weighted by Crippen LogP contribution is -2.53. The number of hydrogen-bond acceptors (Lipinski definition) is 7. The molecule has 29 heavy (non-hydrogen) atoms. The molecule has 0 radical (unpaired) electrons. The molecule has 0 aliphatic carbocycles. The number of carbonyl (C=O) groups is 3. The molecule has 1 saturated heterocycles. The average molecular weight is 398 g/mol. The van der Waals surface area contributed by atoms with Crippen LogP contribution in [-0.4, -0.2) is 71.3 Å². The van der Waals surface area contributed by atoms with Gasteiger partial charge in [-0.1, -0.05) is 0 Å². The van der Waals surface area contributed by atoms with Crippen molar-refractivity contribution in [3.05, 3.63) is 41.2 Å². The van der Waals surface area contributed by atoms with Gasteiger partial charge in [0.15, 0.2) is 5.69 Å². The topological polar surface area (TPSA) is 94.0 Å². The Morgan fingerprint density at radius 2 is 1.69 bits per heavy atom. The smallest absolute Gasteiger partial charge is 0.358 e. The first-order valence-corrected chi connectivity index (χ1v) is 9.46. The van der Waals surface area contributed by atoms with Gasteiger partial charge >= 0.3 is 5.97 Å². The van der Waals surface area contributed by atoms with Crippen LogP contribution in [0.3, 0.4) is 0 Å². The van der Waals surface area contributed by atoms with Gasteiger partial charge in [0.1, 0.15) is 17.2 Å². The van der Waals surface area contributed by atoms with E-state index in [1.807, 2.05) is 5.01 Å². The number of hydrogen-bond donors (Lipinski definition) is 0. The van der Waals surface area contributed by atoms with Crippen LogP contribution in [0.4, 0.5) is 0 Å². The Labute approximate surface area is 167 Å². The Bertz CT molecular complexity index is 956. The van der Waals surface area contributed by atoms with Crippen LogP contribution in [0.5, 0.6) is 5.75 Å². The molecule has 1 aromatic carbocycles. The molecule has 9 heteroatoms. The van der Waals surface area contributed by atoms with Gasteiger partial charge < -0.3 is 9.47 Å². The molecule has 1 aromatic heterocycles. The standard InChI is InChI=1S/C20H22N4O5/c1-28-15-5-3-13(4-6-15)24-18-16(17(21-24)20(27)29-2)9-12-23(19(18)26)22-10-7-14(25)8-11-22/h3-6H,7-12H2,1-2H3. The SMILES string of the molecule is COC(=O)c1nn(-c2ccc(OC)cc2)c2c1CCN(N1CCC(=O)CC1)C2=O. The summed E-state index contributed by atoms with van der Waals surface area (Å²) in [6.45, 7) is 1.46. The van der Waals surface area contributed by atoms with Crippen molar-refractivity contribution in [3.63, 3.8) is 0 Å². The minimum atomic E-state index is -0.571. The minimum Gasteiger partial charge on any atom is -0.497 e. The summed E-state index contributed by atoms with van der Waals surface area (Å²) in [5, 5.41) is 7.99. The fourth-order valence-corrected chi connectivity index (χ4v) is 3.77. The Kier molecular flexibility index (Phi) is 5.06. The first kappa shape index (κ1) is 19.1. The van der Waals surface area contributed by atoms with E-state index >= 15 is 0 Å². The number of aromatic nitrogens is 2. The number of esters is 1. The summed E-state index contributed by atoms with van der Waals surface area (Å²) in [6, 6.07) is 7.09. The second kappa shape index (κ2) is 7.67. The molecule has 1 amide bonds. The van der Waals surface area contributed by atoms with Gasteiger partial charge in [-0.2, -0.15) is 5.10 Å². The third kappa shape index (κ3) is 3.38. The van der Waals surface area contributed by atoms with Gasteiger partial charge in [0, 0.05) is 38.0 Å². The Morgan fingerprint density at radius 3 is 2.31 bits per heavy atom. The van der Waals surface area contributed by atoms with Gasteiger partial charge in [-0.05, 0) is 30.7 Å². The van der Waals surface area contributed by atoms with Crippen LogP contribution in [0, 0.1) is 0 Å². The second-order valence-electron chi connectivity index (χ2n) is 6.95. The predicted molar refractivity (Wildman–Crippen MR) is 102 cm³/mol. The number of carbonyl (C=O) groups excluding carboxylic acids is 3. The number of piperidine rings is 1. The molecule has 0 bridgehead atoms. The molecule has 3 heterocycles. The summed E-state index contributed by atoms with van der Waals surface area (Å²) in [4.78, 5) is 37.2. The molecule has 0 unspecified atom stereocenters. The van der Waals surface area contributed by atoms with E-state index in [9.17, 15) is 14.4 Å². The fourth-order valence-electron chi connectivity index (χ4n) is 3.77. The van der Waals surface area contributed by atoms with Crippen molar-refractivity contribution in [2.45, 2.75) is 19.3 Å². The number of ketones is 1. The maximum Gasteiger partial charge on any atom is 0.358 e. The maximum atomic E-state index is 13.4. The zero-order valence-electron chi connectivity index (χ0n) is 16.4. The second-order valence-corrected chi connectivity index (χ2v) is 6.95. The number of Topliss-reactive ketones (excluding diaryl/α,β-unsaturated/α-hetero) is 1. The summed E-state index contributed by atoms with van der Waals surface area (Å²) in [7, 11) is 2.87. The van der Waals surface area contributed by atoms with Gasteiger partial charge in [-0.15, -0.1) is 0 Å². The summed E-state index contributed by atoms with van der Waals surface area (Å²) < 4.78 is 11.6. The zero-order valence-corrected chi connectivity index (χ0v) is 16.4. The number of methoxy groups -OCH3 is 2. The molecule has 2 aromatic rings. The van der Waals surface area contributed by atoms with Crippen molar-refractivity contribution < 1.29 is 23.9 Å². The quantitative estimate of drug-likeness (QED) is 0.716. The van der Waals surface area contributed by atoms with Crippen LogP contribution in [0.2, 0.25) is 0 Å². The molecule has 9 nitrogen and oxygen atoms in total. The maximum absolute atomic E-state index is 13.4. The van der Waals surface area contributed by atoms with Crippen molar-refractivity contribution in [1.29, 1.82) is 0 Å². The van der Waals surface area contributed by atoms with E-state index in [1.54, 1.807) is 36.4 Å². The third-order valence-corrected chi connectivity index (χ3v) is 5.33. The number of fused-ring (bicyclic) bond motifs is 1. The highest BCUT2D eigenvalue weighted by atomic mass is 16.5. The van der Waals surface area contributed by atoms with E-state index in [2.05, 4.69) is 5.10 Å². The molecule has 0 N–H and O–H groups in total. The van der Waals surface area contributed by atoms with E-state index in [4.69, 9.17) is 9.47 Å². The molecule has 1 fully saturated rings. The van der Waals surface area contributed by atoms with Crippen LogP contribution >= 0.6 is 0 Å². The number of hydrazine groups is 1. The Hall–Kier alpha value is -3.20. The molecule has 2 aliphatic rings. The zero-order chi connectivity index (χ0) is 20.5. The molecular formula is C20H22N4O5. The van der Waals surface area contributed by atoms with Crippen LogP contribution in [0.25, 0.3) is 5.69 Å². The Balaban J connectivity index is 1.75. The van der Waals surface area contributed by atoms with Gasteiger partial charge in [-0.3, -0.25) is 14.6 Å². The van der Waals surface area contributed by atoms with Crippen molar-refractivity contribution in [1.82, 2.24) is 19.8 Å². The number of benzene rings is 1. The van der Waals surface area contributed by atoms with E-state index in [0.717, 1.165) is 0 Å². The molecule has 0 saturated carbocycles. The third-order valence-electron chi connectivity index (χ3n) is 5.33. The first-order valence-electron chi connectivity index (χ1n) is 9.46. The van der Waals surface area contributed by atoms with Gasteiger partial charge in [0.25, 0.3) is 5.91 Å². The molecule has 152 valence electrons. The van der Waals surface area contributed by atoms with Crippen molar-refractivity contribution in [2.75, 3.05) is 33.9 Å². The molecular weight excluding hydrogens is 376 g/mol. The van der Waals surface area contributed by atoms with E-state index in [-0.39, 0.29) is 17.4 Å². The minimum absolute atomic E-state index is 0.153. The largest absolute Gasteiger partial charge is 0.497 e. The van der Waals surface area contributed by atoms with Crippen LogP contribution < -0.4 is 4.74 Å². The Morgan fingerprint density at radius 1 is 1.00 bits per heavy atom. The highest BCUT2D eigenvalue weighted by Gasteiger charge is 2.37.